The topological polar surface area (TPSA) is 58.2 Å². The smallest absolute Gasteiger partial charge is 0.251 e. The molecule has 4 nitrogen and oxygen atoms in total. The van der Waals surface area contributed by atoms with E-state index in [2.05, 4.69) is 22.8 Å². The fourth-order valence-corrected chi connectivity index (χ4v) is 3.80. The molecule has 2 aromatic carbocycles. The first-order chi connectivity index (χ1) is 11.6. The van der Waals surface area contributed by atoms with E-state index in [4.69, 9.17) is 0 Å². The van der Waals surface area contributed by atoms with Crippen molar-refractivity contribution >= 4 is 11.7 Å². The average Bonchev–Trinajstić information content (AvgIpc) is 3.03. The molecule has 0 saturated carbocycles. The molecule has 0 spiro atoms. The maximum absolute atomic E-state index is 12.5. The van der Waals surface area contributed by atoms with E-state index in [9.17, 15) is 9.59 Å². The summed E-state index contributed by atoms with van der Waals surface area (Å²) in [5.74, 6) is 0.895. The maximum atomic E-state index is 12.5. The number of amides is 1. The molecule has 0 radical (unpaired) electrons. The van der Waals surface area contributed by atoms with Crippen LogP contribution in [0.2, 0.25) is 0 Å². The summed E-state index contributed by atoms with van der Waals surface area (Å²) in [6, 6.07) is 13.7. The molecule has 0 bridgehead atoms. The minimum atomic E-state index is 0.00368. The van der Waals surface area contributed by atoms with Gasteiger partial charge in [-0.3, -0.25) is 9.59 Å². The van der Waals surface area contributed by atoms with Crippen LogP contribution in [0.5, 0.6) is 0 Å². The van der Waals surface area contributed by atoms with Gasteiger partial charge >= 0.3 is 0 Å². The summed E-state index contributed by atoms with van der Waals surface area (Å²) in [5.41, 5.74) is 4.51. The van der Waals surface area contributed by atoms with E-state index in [1.807, 2.05) is 30.3 Å². The normalized spacial score (nSPS) is 22.3. The van der Waals surface area contributed by atoms with Gasteiger partial charge in [-0.05, 0) is 41.7 Å². The second kappa shape index (κ2) is 5.87. The molecule has 24 heavy (non-hydrogen) atoms. The van der Waals surface area contributed by atoms with E-state index < -0.39 is 0 Å². The van der Waals surface area contributed by atoms with Crippen molar-refractivity contribution in [1.29, 1.82) is 0 Å². The summed E-state index contributed by atoms with van der Waals surface area (Å²) in [6.45, 7) is 4.16. The largest absolute Gasteiger partial charge is 0.352 e. The maximum Gasteiger partial charge on any atom is 0.251 e. The fourth-order valence-electron chi connectivity index (χ4n) is 3.80. The lowest BCUT2D eigenvalue weighted by molar-refractivity contribution is 0.0951. The number of nitrogens with one attached hydrogen (secondary N) is 2. The molecule has 2 aliphatic heterocycles. The van der Waals surface area contributed by atoms with Gasteiger partial charge in [0.25, 0.3) is 5.91 Å². The Kier molecular flexibility index (Phi) is 3.69. The monoisotopic (exact) mass is 320 g/mol. The summed E-state index contributed by atoms with van der Waals surface area (Å²) in [5, 5.41) is 6.47. The standard InChI is InChI=1S/C20H20N2O2/c1-12(23)13-3-2-4-14(7-13)15-5-6-17-18(8-15)20(24)22-10-16-9-21-11-19(16)17/h2-8,16,19,21H,9-11H2,1H3,(H,22,24). The van der Waals surface area contributed by atoms with Gasteiger partial charge in [0.05, 0.1) is 0 Å². The van der Waals surface area contributed by atoms with Gasteiger partial charge in [0, 0.05) is 36.7 Å². The third kappa shape index (κ3) is 2.53. The Morgan fingerprint density at radius 1 is 1.04 bits per heavy atom. The number of Topliss-reactive ketones (excluding diaryl/α,β-unsaturated/α-hetero) is 1. The highest BCUT2D eigenvalue weighted by atomic mass is 16.1. The van der Waals surface area contributed by atoms with Gasteiger partial charge in [-0.25, -0.2) is 0 Å². The number of benzene rings is 2. The number of fused-ring (bicyclic) bond motifs is 3. The Balaban J connectivity index is 1.79. The highest BCUT2D eigenvalue weighted by molar-refractivity contribution is 5.98. The molecule has 2 aromatic rings. The van der Waals surface area contributed by atoms with E-state index in [0.29, 0.717) is 17.4 Å². The Hall–Kier alpha value is -2.46. The number of rotatable bonds is 2. The third-order valence-electron chi connectivity index (χ3n) is 5.16. The van der Waals surface area contributed by atoms with Crippen LogP contribution in [0.3, 0.4) is 0 Å². The van der Waals surface area contributed by atoms with Crippen molar-refractivity contribution in [3.8, 4) is 11.1 Å². The van der Waals surface area contributed by atoms with Gasteiger partial charge in [-0.2, -0.15) is 0 Å². The third-order valence-corrected chi connectivity index (χ3v) is 5.16. The lowest BCUT2D eigenvalue weighted by Gasteiger charge is -2.17. The van der Waals surface area contributed by atoms with Crippen LogP contribution in [0, 0.1) is 5.92 Å². The molecule has 2 N–H and O–H groups in total. The minimum Gasteiger partial charge on any atom is -0.352 e. The summed E-state index contributed by atoms with van der Waals surface area (Å²) < 4.78 is 0. The van der Waals surface area contributed by atoms with Crippen molar-refractivity contribution < 1.29 is 9.59 Å². The van der Waals surface area contributed by atoms with Crippen molar-refractivity contribution in [2.75, 3.05) is 19.6 Å². The van der Waals surface area contributed by atoms with Gasteiger partial charge in [-0.15, -0.1) is 0 Å². The lowest BCUT2D eigenvalue weighted by atomic mass is 9.86. The molecule has 122 valence electrons. The first kappa shape index (κ1) is 15.1. The van der Waals surface area contributed by atoms with E-state index in [0.717, 1.165) is 41.9 Å². The van der Waals surface area contributed by atoms with Gasteiger partial charge in [-0.1, -0.05) is 30.3 Å². The van der Waals surface area contributed by atoms with E-state index in [1.54, 1.807) is 6.92 Å². The van der Waals surface area contributed by atoms with Crippen molar-refractivity contribution in [1.82, 2.24) is 10.6 Å². The van der Waals surface area contributed by atoms with Crippen molar-refractivity contribution in [3.05, 3.63) is 59.2 Å². The van der Waals surface area contributed by atoms with Crippen LogP contribution in [0.15, 0.2) is 42.5 Å². The SMILES string of the molecule is CC(=O)c1cccc(-c2ccc3c(c2)C(=O)NCC2CNCC32)c1. The number of carbonyl (C=O) groups is 2. The average molecular weight is 320 g/mol. The first-order valence-corrected chi connectivity index (χ1v) is 8.38. The summed E-state index contributed by atoms with van der Waals surface area (Å²) in [4.78, 5) is 24.1. The highest BCUT2D eigenvalue weighted by Gasteiger charge is 2.34. The molecule has 4 heteroatoms. The molecule has 2 aliphatic rings. The number of hydrogen-bond acceptors (Lipinski definition) is 3. The predicted octanol–water partition coefficient (Wildman–Crippen LogP) is 2.60. The predicted molar refractivity (Wildman–Crippen MR) is 93.3 cm³/mol. The van der Waals surface area contributed by atoms with Crippen molar-refractivity contribution in [2.24, 2.45) is 5.92 Å². The number of ketones is 1. The zero-order chi connectivity index (χ0) is 16.7. The molecule has 0 aliphatic carbocycles. The second-order valence-corrected chi connectivity index (χ2v) is 6.67. The van der Waals surface area contributed by atoms with Gasteiger partial charge in [0.2, 0.25) is 0 Å². The Labute approximate surface area is 141 Å². The van der Waals surface area contributed by atoms with Crippen LogP contribution in [0.1, 0.15) is 39.1 Å². The molecule has 2 heterocycles. The number of hydrogen-bond donors (Lipinski definition) is 2. The number of carbonyl (C=O) groups excluding carboxylic acids is 2. The Morgan fingerprint density at radius 2 is 1.88 bits per heavy atom. The van der Waals surface area contributed by atoms with Gasteiger partial charge in [0.15, 0.2) is 5.78 Å². The summed E-state index contributed by atoms with van der Waals surface area (Å²) >= 11 is 0. The molecule has 2 atom stereocenters. The van der Waals surface area contributed by atoms with E-state index in [1.165, 1.54) is 0 Å². The first-order valence-electron chi connectivity index (χ1n) is 8.38. The van der Waals surface area contributed by atoms with Crippen LogP contribution in [-0.2, 0) is 0 Å². The Bertz CT molecular complexity index is 828. The van der Waals surface area contributed by atoms with Crippen LogP contribution >= 0.6 is 0 Å². The quantitative estimate of drug-likeness (QED) is 0.836. The van der Waals surface area contributed by atoms with Gasteiger partial charge < -0.3 is 10.6 Å². The zero-order valence-corrected chi connectivity index (χ0v) is 13.6. The van der Waals surface area contributed by atoms with E-state index >= 15 is 0 Å². The molecule has 2 unspecified atom stereocenters. The van der Waals surface area contributed by atoms with Gasteiger partial charge in [0.1, 0.15) is 0 Å². The van der Waals surface area contributed by atoms with Crippen molar-refractivity contribution in [2.45, 2.75) is 12.8 Å². The van der Waals surface area contributed by atoms with Crippen LogP contribution in [0.25, 0.3) is 11.1 Å². The summed E-state index contributed by atoms with van der Waals surface area (Å²) in [7, 11) is 0. The molecule has 1 saturated heterocycles. The molecule has 0 aromatic heterocycles. The molecule has 1 fully saturated rings. The lowest BCUT2D eigenvalue weighted by Crippen LogP contribution is -2.28. The second-order valence-electron chi connectivity index (χ2n) is 6.67. The summed E-state index contributed by atoms with van der Waals surface area (Å²) in [6.07, 6.45) is 0. The fraction of sp³-hybridized carbons (Fsp3) is 0.300. The molecule has 1 amide bonds. The zero-order valence-electron chi connectivity index (χ0n) is 13.6. The van der Waals surface area contributed by atoms with Crippen LogP contribution in [-0.4, -0.2) is 31.3 Å². The minimum absolute atomic E-state index is 0.00368. The molecule has 4 rings (SSSR count). The van der Waals surface area contributed by atoms with Crippen LogP contribution in [0.4, 0.5) is 0 Å². The van der Waals surface area contributed by atoms with E-state index in [-0.39, 0.29) is 11.7 Å². The van der Waals surface area contributed by atoms with Crippen LogP contribution < -0.4 is 10.6 Å². The molecular weight excluding hydrogens is 300 g/mol. The van der Waals surface area contributed by atoms with Crippen molar-refractivity contribution in [3.63, 3.8) is 0 Å². The Morgan fingerprint density at radius 3 is 2.71 bits per heavy atom. The highest BCUT2D eigenvalue weighted by Crippen LogP contribution is 2.34. The molecular formula is C20H20N2O2.